The molecule has 0 unspecified atom stereocenters. The van der Waals surface area contributed by atoms with Crippen molar-refractivity contribution in [2.75, 3.05) is 6.54 Å². The zero-order valence-electron chi connectivity index (χ0n) is 12.8. The van der Waals surface area contributed by atoms with E-state index in [2.05, 4.69) is 15.9 Å². The lowest BCUT2D eigenvalue weighted by atomic mass is 10.1. The lowest BCUT2D eigenvalue weighted by Crippen LogP contribution is -2.23. The van der Waals surface area contributed by atoms with E-state index in [0.29, 0.717) is 16.9 Å². The predicted molar refractivity (Wildman–Crippen MR) is 89.4 cm³/mol. The first-order valence-electron chi connectivity index (χ1n) is 7.07. The molecule has 7 nitrogen and oxygen atoms in total. The predicted octanol–water partition coefficient (Wildman–Crippen LogP) is 2.38. The summed E-state index contributed by atoms with van der Waals surface area (Å²) in [6, 6.07) is 8.89. The maximum absolute atomic E-state index is 11.0. The molecule has 0 saturated heterocycles. The number of nitrogens with two attached hydrogens (primary N) is 1. The van der Waals surface area contributed by atoms with Gasteiger partial charge in [0.1, 0.15) is 22.9 Å². The van der Waals surface area contributed by atoms with Crippen molar-refractivity contribution in [2.24, 2.45) is 11.1 Å². The quantitative estimate of drug-likeness (QED) is 0.312. The van der Waals surface area contributed by atoms with Crippen molar-refractivity contribution < 1.29 is 15.1 Å². The number of phenolic OH excluding ortho intramolecular Hbond substituents is 2. The van der Waals surface area contributed by atoms with Crippen molar-refractivity contribution in [1.29, 1.82) is 0 Å². The van der Waals surface area contributed by atoms with Gasteiger partial charge >= 0.3 is 0 Å². The highest BCUT2D eigenvalue weighted by molar-refractivity contribution is 5.49. The fourth-order valence-electron chi connectivity index (χ4n) is 2.33. The van der Waals surface area contributed by atoms with Crippen LogP contribution in [0, 0.1) is 17.3 Å². The summed E-state index contributed by atoms with van der Waals surface area (Å²) in [6.45, 7) is 0.828. The fourth-order valence-corrected chi connectivity index (χ4v) is 2.33. The van der Waals surface area contributed by atoms with E-state index >= 15 is 0 Å². The summed E-state index contributed by atoms with van der Waals surface area (Å²) in [7, 11) is 0. The number of terminal acetylenes is 1. The monoisotopic (exact) mass is 327 g/mol. The molecule has 2 aromatic carbocycles. The topological polar surface area (TPSA) is 108 Å². The van der Waals surface area contributed by atoms with Crippen LogP contribution in [-0.4, -0.2) is 21.7 Å². The summed E-state index contributed by atoms with van der Waals surface area (Å²) in [5, 5.41) is 22.5. The Hall–Kier alpha value is -3.08. The number of nitrogens with zero attached hydrogens (tertiary/aromatic N) is 2. The van der Waals surface area contributed by atoms with Crippen LogP contribution in [0.25, 0.3) is 0 Å². The number of hydrogen-bond acceptors (Lipinski definition) is 7. The second-order valence-electron chi connectivity index (χ2n) is 5.16. The van der Waals surface area contributed by atoms with Gasteiger partial charge in [-0.2, -0.15) is 5.90 Å². The fraction of sp³-hybridized carbons (Fsp3) is 0.176. The van der Waals surface area contributed by atoms with Gasteiger partial charge in [0.2, 0.25) is 0 Å². The van der Waals surface area contributed by atoms with Crippen LogP contribution >= 0.6 is 0 Å². The van der Waals surface area contributed by atoms with Crippen LogP contribution in [0.1, 0.15) is 11.1 Å². The van der Waals surface area contributed by atoms with E-state index in [-0.39, 0.29) is 36.8 Å². The van der Waals surface area contributed by atoms with Crippen LogP contribution in [0.15, 0.2) is 41.6 Å². The molecule has 4 N–H and O–H groups in total. The van der Waals surface area contributed by atoms with Crippen molar-refractivity contribution in [3.8, 4) is 29.6 Å². The number of benzene rings is 2. The normalized spacial score (nSPS) is 10.4. The highest BCUT2D eigenvalue weighted by Gasteiger charge is 2.13. The van der Waals surface area contributed by atoms with Gasteiger partial charge in [0.05, 0.1) is 6.54 Å². The molecule has 0 amide bonds. The molecule has 7 heteroatoms. The first-order valence-corrected chi connectivity index (χ1v) is 7.07. The Bertz CT molecular complexity index is 771. The molecule has 0 aliphatic rings. The Labute approximate surface area is 139 Å². The summed E-state index contributed by atoms with van der Waals surface area (Å²) in [5.41, 5.74) is 1.35. The Morgan fingerprint density at radius 3 is 2.58 bits per heavy atom. The van der Waals surface area contributed by atoms with Gasteiger partial charge in [0.15, 0.2) is 0 Å². The number of hydrogen-bond donors (Lipinski definition) is 3. The maximum Gasteiger partial charge on any atom is 0.147 e. The van der Waals surface area contributed by atoms with E-state index < -0.39 is 0 Å². The van der Waals surface area contributed by atoms with E-state index in [4.69, 9.17) is 12.3 Å². The molecule has 0 atom stereocenters. The highest BCUT2D eigenvalue weighted by atomic mass is 16.6. The molecule has 2 aromatic rings. The minimum atomic E-state index is 0.0391. The largest absolute Gasteiger partial charge is 0.508 e. The Morgan fingerprint density at radius 2 is 1.92 bits per heavy atom. The van der Waals surface area contributed by atoms with Crippen molar-refractivity contribution in [3.63, 3.8) is 0 Å². The average Bonchev–Trinajstić information content (AvgIpc) is 2.58. The van der Waals surface area contributed by atoms with Crippen LogP contribution in [0.3, 0.4) is 0 Å². The third-order valence-corrected chi connectivity index (χ3v) is 3.45. The molecule has 124 valence electrons. The molecule has 2 rings (SSSR count). The average molecular weight is 327 g/mol. The molecule has 0 fully saturated rings. The molecule has 0 heterocycles. The number of aromatic hydroxyl groups is 2. The Balaban J connectivity index is 2.27. The SMILES string of the molecule is C#CCN(Cc1cc(O)ccc1O)Cc1cc(ON)ccc1N=O. The van der Waals surface area contributed by atoms with E-state index in [0.717, 1.165) is 0 Å². The van der Waals surface area contributed by atoms with Crippen LogP contribution in [0.5, 0.6) is 17.2 Å². The zero-order chi connectivity index (χ0) is 17.5. The highest BCUT2D eigenvalue weighted by Crippen LogP contribution is 2.28. The summed E-state index contributed by atoms with van der Waals surface area (Å²) >= 11 is 0. The van der Waals surface area contributed by atoms with Gasteiger partial charge in [0, 0.05) is 18.7 Å². The van der Waals surface area contributed by atoms with Gasteiger partial charge in [-0.05, 0) is 47.1 Å². The van der Waals surface area contributed by atoms with Gasteiger partial charge in [-0.15, -0.1) is 11.3 Å². The van der Waals surface area contributed by atoms with Crippen molar-refractivity contribution in [3.05, 3.63) is 52.4 Å². The molecular formula is C17H17N3O4. The second-order valence-corrected chi connectivity index (χ2v) is 5.16. The minimum absolute atomic E-state index is 0.0391. The molecular weight excluding hydrogens is 310 g/mol. The van der Waals surface area contributed by atoms with Crippen molar-refractivity contribution >= 4 is 5.69 Å². The number of nitroso groups, excluding NO2 is 1. The van der Waals surface area contributed by atoms with Crippen molar-refractivity contribution in [2.45, 2.75) is 13.1 Å². The van der Waals surface area contributed by atoms with Crippen LogP contribution in [0.4, 0.5) is 5.69 Å². The smallest absolute Gasteiger partial charge is 0.147 e. The zero-order valence-corrected chi connectivity index (χ0v) is 12.8. The molecule has 0 radical (unpaired) electrons. The van der Waals surface area contributed by atoms with Gasteiger partial charge in [-0.3, -0.25) is 4.90 Å². The molecule has 24 heavy (non-hydrogen) atoms. The van der Waals surface area contributed by atoms with Crippen molar-refractivity contribution in [1.82, 2.24) is 4.90 Å². The minimum Gasteiger partial charge on any atom is -0.508 e. The van der Waals surface area contributed by atoms with E-state index in [1.807, 2.05) is 0 Å². The maximum atomic E-state index is 11.0. The lowest BCUT2D eigenvalue weighted by Gasteiger charge is -2.21. The van der Waals surface area contributed by atoms with Gasteiger partial charge in [-0.25, -0.2) is 0 Å². The van der Waals surface area contributed by atoms with E-state index in [1.165, 1.54) is 30.3 Å². The van der Waals surface area contributed by atoms with E-state index in [9.17, 15) is 15.1 Å². The van der Waals surface area contributed by atoms with Gasteiger partial charge < -0.3 is 15.1 Å². The van der Waals surface area contributed by atoms with Gasteiger partial charge in [0.25, 0.3) is 0 Å². The first kappa shape index (κ1) is 17.3. The molecule has 0 aliphatic heterocycles. The summed E-state index contributed by atoms with van der Waals surface area (Å²) in [4.78, 5) is 17.4. The number of phenols is 2. The number of rotatable bonds is 7. The van der Waals surface area contributed by atoms with Gasteiger partial charge in [-0.1, -0.05) is 5.92 Å². The molecule has 0 spiro atoms. The third kappa shape index (κ3) is 4.23. The Morgan fingerprint density at radius 1 is 1.17 bits per heavy atom. The van der Waals surface area contributed by atoms with Crippen LogP contribution < -0.4 is 10.7 Å². The molecule has 0 aromatic heterocycles. The third-order valence-electron chi connectivity index (χ3n) is 3.45. The van der Waals surface area contributed by atoms with Crippen LogP contribution in [-0.2, 0) is 13.1 Å². The first-order chi connectivity index (χ1) is 11.6. The molecule has 0 aliphatic carbocycles. The Kier molecular flexibility index (Phi) is 5.73. The summed E-state index contributed by atoms with van der Waals surface area (Å²) in [5.74, 6) is 8.14. The summed E-state index contributed by atoms with van der Waals surface area (Å²) < 4.78 is 0. The molecule has 0 bridgehead atoms. The lowest BCUT2D eigenvalue weighted by molar-refractivity contribution is 0.284. The summed E-state index contributed by atoms with van der Waals surface area (Å²) in [6.07, 6.45) is 5.40. The standard InChI is InChI=1S/C17H17N3O4/c1-2-7-20(11-13-8-14(21)3-6-17(13)22)10-12-9-15(24-18)4-5-16(12)19-23/h1,3-6,8-9,21-22H,7,10-11,18H2. The van der Waals surface area contributed by atoms with Crippen LogP contribution in [0.2, 0.25) is 0 Å². The van der Waals surface area contributed by atoms with E-state index in [1.54, 1.807) is 11.0 Å². The molecule has 0 saturated carbocycles. The second kappa shape index (κ2) is 7.97.